The van der Waals surface area contributed by atoms with E-state index in [0.717, 1.165) is 10.9 Å². The third-order valence-electron chi connectivity index (χ3n) is 2.76. The third kappa shape index (κ3) is 2.20. The summed E-state index contributed by atoms with van der Waals surface area (Å²) in [5, 5.41) is 7.74. The van der Waals surface area contributed by atoms with Crippen molar-refractivity contribution in [1.82, 2.24) is 10.1 Å². The Balaban J connectivity index is 1.95. The van der Waals surface area contributed by atoms with Gasteiger partial charge in [-0.15, -0.1) is 0 Å². The van der Waals surface area contributed by atoms with Crippen molar-refractivity contribution in [2.45, 2.75) is 6.92 Å². The summed E-state index contributed by atoms with van der Waals surface area (Å²) in [7, 11) is 0. The highest BCUT2D eigenvalue weighted by atomic mass is 35.5. The van der Waals surface area contributed by atoms with Crippen LogP contribution in [0.1, 0.15) is 16.1 Å². The minimum Gasteiger partial charge on any atom is -0.360 e. The molecule has 0 unspecified atom stereocenters. The lowest BCUT2D eigenvalue weighted by Crippen LogP contribution is -2.11. The van der Waals surface area contributed by atoms with Crippen LogP contribution in [0.5, 0.6) is 0 Å². The first-order chi connectivity index (χ1) is 9.13. The topological polar surface area (TPSA) is 70.9 Å². The van der Waals surface area contributed by atoms with Crippen molar-refractivity contribution in [2.24, 2.45) is 0 Å². The van der Waals surface area contributed by atoms with Crippen molar-refractivity contribution in [3.63, 3.8) is 0 Å². The molecule has 0 atom stereocenters. The second kappa shape index (κ2) is 4.44. The number of benzene rings is 1. The molecule has 0 fully saturated rings. The number of halogens is 1. The molecule has 0 aliphatic heterocycles. The van der Waals surface area contributed by atoms with Crippen LogP contribution in [0.25, 0.3) is 10.9 Å². The number of hydrogen-bond donors (Lipinski definition) is 2. The lowest BCUT2D eigenvalue weighted by atomic mass is 10.1. The molecule has 2 N–H and O–H groups in total. The van der Waals surface area contributed by atoms with Gasteiger partial charge in [0.25, 0.3) is 5.91 Å². The molecule has 2 heterocycles. The van der Waals surface area contributed by atoms with E-state index >= 15 is 0 Å². The zero-order valence-electron chi connectivity index (χ0n) is 10.0. The number of carbonyl (C=O) groups is 1. The Bertz CT molecular complexity index is 760. The predicted octanol–water partition coefficient (Wildman–Crippen LogP) is 3.37. The van der Waals surface area contributed by atoms with Crippen LogP contribution in [-0.4, -0.2) is 16.0 Å². The second-order valence-corrected chi connectivity index (χ2v) is 4.61. The van der Waals surface area contributed by atoms with Crippen LogP contribution in [0, 0.1) is 6.92 Å². The lowest BCUT2D eigenvalue weighted by molar-refractivity contribution is 0.102. The number of fused-ring (bicyclic) bond motifs is 1. The highest BCUT2D eigenvalue weighted by molar-refractivity contribution is 6.31. The number of carbonyl (C=O) groups excluding carboxylic acids is 1. The fourth-order valence-electron chi connectivity index (χ4n) is 1.89. The van der Waals surface area contributed by atoms with Crippen molar-refractivity contribution < 1.29 is 9.32 Å². The summed E-state index contributed by atoms with van der Waals surface area (Å²) in [6.07, 6.45) is 1.64. The molecule has 0 spiro atoms. The Morgan fingerprint density at radius 1 is 1.42 bits per heavy atom. The van der Waals surface area contributed by atoms with Crippen molar-refractivity contribution in [2.75, 3.05) is 5.32 Å². The fourth-order valence-corrected chi connectivity index (χ4v) is 2.06. The smallest absolute Gasteiger partial charge is 0.259 e. The van der Waals surface area contributed by atoms with Gasteiger partial charge < -0.3 is 14.8 Å². The van der Waals surface area contributed by atoms with Gasteiger partial charge in [-0.3, -0.25) is 4.79 Å². The van der Waals surface area contributed by atoms with Crippen LogP contribution in [-0.2, 0) is 0 Å². The van der Waals surface area contributed by atoms with Crippen LogP contribution in [0.15, 0.2) is 35.0 Å². The first-order valence-corrected chi connectivity index (χ1v) is 6.02. The number of H-pyrrole nitrogens is 1. The number of anilines is 1. The summed E-state index contributed by atoms with van der Waals surface area (Å²) in [4.78, 5) is 15.2. The number of amides is 1. The monoisotopic (exact) mass is 275 g/mol. The van der Waals surface area contributed by atoms with E-state index < -0.39 is 0 Å². The third-order valence-corrected chi connectivity index (χ3v) is 2.99. The molecule has 0 aliphatic carbocycles. The molecule has 5 nitrogen and oxygen atoms in total. The number of nitrogens with zero attached hydrogens (tertiary/aromatic N) is 1. The molecule has 3 rings (SSSR count). The van der Waals surface area contributed by atoms with Gasteiger partial charge in [0.1, 0.15) is 5.76 Å². The molecule has 0 saturated carbocycles. The van der Waals surface area contributed by atoms with Crippen LogP contribution in [0.3, 0.4) is 0 Å². The van der Waals surface area contributed by atoms with E-state index in [4.69, 9.17) is 16.1 Å². The number of hydrogen-bond acceptors (Lipinski definition) is 3. The van der Waals surface area contributed by atoms with Crippen LogP contribution >= 0.6 is 11.6 Å². The molecule has 0 bridgehead atoms. The van der Waals surface area contributed by atoms with Crippen molar-refractivity contribution in [3.05, 3.63) is 46.8 Å². The zero-order chi connectivity index (χ0) is 13.4. The minimum atomic E-state index is -0.262. The van der Waals surface area contributed by atoms with Crippen LogP contribution in [0.4, 0.5) is 5.82 Å². The molecule has 3 aromatic rings. The molecular formula is C13H10ClN3O2. The second-order valence-electron chi connectivity index (χ2n) is 4.17. The normalized spacial score (nSPS) is 10.8. The highest BCUT2D eigenvalue weighted by Gasteiger charge is 2.14. The van der Waals surface area contributed by atoms with Gasteiger partial charge in [-0.1, -0.05) is 16.8 Å². The minimum absolute atomic E-state index is 0.262. The van der Waals surface area contributed by atoms with E-state index in [1.165, 1.54) is 0 Å². The van der Waals surface area contributed by atoms with Gasteiger partial charge in [0, 0.05) is 28.2 Å². The average Bonchev–Trinajstić information content (AvgIpc) is 2.95. The Labute approximate surface area is 113 Å². The van der Waals surface area contributed by atoms with Crippen LogP contribution in [0.2, 0.25) is 5.02 Å². The van der Waals surface area contributed by atoms with E-state index in [1.807, 2.05) is 6.07 Å². The molecule has 0 aliphatic rings. The summed E-state index contributed by atoms with van der Waals surface area (Å²) >= 11 is 5.94. The molecule has 19 heavy (non-hydrogen) atoms. The summed E-state index contributed by atoms with van der Waals surface area (Å²) in [6.45, 7) is 1.76. The molecule has 1 amide bonds. The van der Waals surface area contributed by atoms with E-state index in [2.05, 4.69) is 15.5 Å². The van der Waals surface area contributed by atoms with E-state index in [1.54, 1.807) is 31.3 Å². The molecule has 0 radical (unpaired) electrons. The Kier molecular flexibility index (Phi) is 2.76. The van der Waals surface area contributed by atoms with Crippen molar-refractivity contribution in [1.29, 1.82) is 0 Å². The zero-order valence-corrected chi connectivity index (χ0v) is 10.8. The van der Waals surface area contributed by atoms with Crippen molar-refractivity contribution in [3.8, 4) is 0 Å². The summed E-state index contributed by atoms with van der Waals surface area (Å²) in [5.74, 6) is 0.762. The number of aromatic amines is 1. The molecular weight excluding hydrogens is 266 g/mol. The molecule has 6 heteroatoms. The van der Waals surface area contributed by atoms with E-state index in [-0.39, 0.29) is 5.91 Å². The molecule has 0 saturated heterocycles. The van der Waals surface area contributed by atoms with Gasteiger partial charge in [0.2, 0.25) is 0 Å². The van der Waals surface area contributed by atoms with Gasteiger partial charge in [-0.05, 0) is 25.1 Å². The number of aromatic nitrogens is 2. The van der Waals surface area contributed by atoms with Gasteiger partial charge in [-0.25, -0.2) is 0 Å². The molecule has 1 aromatic carbocycles. The van der Waals surface area contributed by atoms with Gasteiger partial charge >= 0.3 is 0 Å². The Morgan fingerprint density at radius 2 is 2.26 bits per heavy atom. The maximum absolute atomic E-state index is 12.2. The Hall–Kier alpha value is -2.27. The van der Waals surface area contributed by atoms with E-state index in [9.17, 15) is 4.79 Å². The molecule has 96 valence electrons. The van der Waals surface area contributed by atoms with Gasteiger partial charge in [0.15, 0.2) is 5.82 Å². The summed E-state index contributed by atoms with van der Waals surface area (Å²) < 4.78 is 4.90. The first kappa shape index (κ1) is 11.8. The van der Waals surface area contributed by atoms with Crippen LogP contribution < -0.4 is 5.32 Å². The maximum Gasteiger partial charge on any atom is 0.259 e. The summed E-state index contributed by atoms with van der Waals surface area (Å²) in [6, 6.07) is 6.99. The van der Waals surface area contributed by atoms with Gasteiger partial charge in [-0.2, -0.15) is 0 Å². The predicted molar refractivity (Wildman–Crippen MR) is 72.5 cm³/mol. The standard InChI is InChI=1S/C13H10ClN3O2/c1-7-4-12(17-19-7)16-13(18)10-6-15-11-3-2-8(14)5-9(10)11/h2-6,15H,1H3,(H,16,17,18). The number of nitrogens with one attached hydrogen (secondary N) is 2. The quantitative estimate of drug-likeness (QED) is 0.753. The largest absolute Gasteiger partial charge is 0.360 e. The number of rotatable bonds is 2. The highest BCUT2D eigenvalue weighted by Crippen LogP contribution is 2.23. The molecule has 2 aromatic heterocycles. The lowest BCUT2D eigenvalue weighted by Gasteiger charge is -1.99. The van der Waals surface area contributed by atoms with Crippen molar-refractivity contribution >= 4 is 34.2 Å². The fraction of sp³-hybridized carbons (Fsp3) is 0.0769. The Morgan fingerprint density at radius 3 is 3.00 bits per heavy atom. The average molecular weight is 276 g/mol. The van der Waals surface area contributed by atoms with E-state index in [0.29, 0.717) is 22.2 Å². The van der Waals surface area contributed by atoms with Gasteiger partial charge in [0.05, 0.1) is 5.56 Å². The maximum atomic E-state index is 12.2. The number of aryl methyl sites for hydroxylation is 1. The first-order valence-electron chi connectivity index (χ1n) is 5.65. The summed E-state index contributed by atoms with van der Waals surface area (Å²) in [5.41, 5.74) is 1.36. The SMILES string of the molecule is Cc1cc(NC(=O)c2c[nH]c3ccc(Cl)cc23)no1.